The zero-order valence-electron chi connectivity index (χ0n) is 16.4. The van der Waals surface area contributed by atoms with Gasteiger partial charge in [-0.05, 0) is 30.3 Å². The molecule has 0 radical (unpaired) electrons. The van der Waals surface area contributed by atoms with Gasteiger partial charge >= 0.3 is 6.18 Å². The summed E-state index contributed by atoms with van der Waals surface area (Å²) in [6.07, 6.45) is -5.29. The predicted octanol–water partition coefficient (Wildman–Crippen LogP) is 6.83. The van der Waals surface area contributed by atoms with Crippen molar-refractivity contribution < 1.29 is 22.8 Å². The molecule has 12 heteroatoms. The third kappa shape index (κ3) is 4.96. The highest BCUT2D eigenvalue weighted by atomic mass is 79.9. The number of hydrogen-bond acceptors (Lipinski definition) is 5. The largest absolute Gasteiger partial charge is 0.435 e. The number of aromatic nitrogens is 1. The van der Waals surface area contributed by atoms with E-state index in [-0.39, 0.29) is 28.4 Å². The van der Waals surface area contributed by atoms with Crippen molar-refractivity contribution in [1.29, 1.82) is 0 Å². The van der Waals surface area contributed by atoms with Gasteiger partial charge in [0, 0.05) is 31.9 Å². The molecule has 0 saturated carbocycles. The summed E-state index contributed by atoms with van der Waals surface area (Å²) in [6, 6.07) is 8.67. The Morgan fingerprint density at radius 2 is 1.94 bits per heavy atom. The summed E-state index contributed by atoms with van der Waals surface area (Å²) in [5.41, 5.74) is 0.205. The van der Waals surface area contributed by atoms with Gasteiger partial charge in [0.15, 0.2) is 0 Å². The fourth-order valence-corrected chi connectivity index (χ4v) is 5.43. The Morgan fingerprint density at radius 1 is 1.21 bits per heavy atom. The summed E-state index contributed by atoms with van der Waals surface area (Å²) in [6.45, 7) is 0.233. The highest BCUT2D eigenvalue weighted by Gasteiger charge is 2.62. The normalized spacial score (nSPS) is 18.1. The summed E-state index contributed by atoms with van der Waals surface area (Å²) in [5.74, 6) is -0.423. The van der Waals surface area contributed by atoms with Crippen molar-refractivity contribution in [1.82, 2.24) is 10.3 Å². The average Bonchev–Trinajstić information content (AvgIpc) is 3.41. The average molecular weight is 624 g/mol. The molecule has 1 aromatic heterocycles. The van der Waals surface area contributed by atoms with Crippen molar-refractivity contribution in [3.63, 3.8) is 0 Å². The molecular weight excluding hydrogens is 611 g/mol. The number of nitrogens with one attached hydrogen (secondary N) is 1. The van der Waals surface area contributed by atoms with Crippen LogP contribution in [0, 0.1) is 0 Å². The van der Waals surface area contributed by atoms with Gasteiger partial charge < -0.3 is 10.2 Å². The van der Waals surface area contributed by atoms with E-state index in [4.69, 9.17) is 16.4 Å². The van der Waals surface area contributed by atoms with Crippen molar-refractivity contribution in [2.75, 3.05) is 0 Å². The van der Waals surface area contributed by atoms with Crippen LogP contribution in [0.5, 0.6) is 0 Å². The van der Waals surface area contributed by atoms with Crippen molar-refractivity contribution in [2.24, 2.45) is 5.16 Å². The van der Waals surface area contributed by atoms with Crippen LogP contribution in [-0.4, -0.2) is 22.8 Å². The van der Waals surface area contributed by atoms with Gasteiger partial charge in [-0.2, -0.15) is 13.2 Å². The highest BCUT2D eigenvalue weighted by Crippen LogP contribution is 2.49. The van der Waals surface area contributed by atoms with Crippen LogP contribution in [0.2, 0.25) is 5.02 Å². The molecule has 1 amide bonds. The van der Waals surface area contributed by atoms with E-state index in [2.05, 4.69) is 47.3 Å². The lowest BCUT2D eigenvalue weighted by atomic mass is 9.86. The molecule has 1 aliphatic heterocycles. The first-order chi connectivity index (χ1) is 15.6. The highest BCUT2D eigenvalue weighted by molar-refractivity contribution is 9.11. The number of oxime groups is 1. The zero-order chi connectivity index (χ0) is 23.8. The third-order valence-electron chi connectivity index (χ3n) is 4.98. The van der Waals surface area contributed by atoms with E-state index in [0.717, 1.165) is 0 Å². The van der Waals surface area contributed by atoms with Crippen LogP contribution in [-0.2, 0) is 17.0 Å². The smallest absolute Gasteiger partial charge is 0.374 e. The maximum atomic E-state index is 14.2. The molecule has 0 bridgehead atoms. The van der Waals surface area contributed by atoms with Crippen LogP contribution >= 0.6 is 54.8 Å². The Bertz CT molecular complexity index is 1220. The van der Waals surface area contributed by atoms with Gasteiger partial charge in [-0.3, -0.25) is 4.79 Å². The van der Waals surface area contributed by atoms with Crippen LogP contribution in [0.15, 0.2) is 61.4 Å². The van der Waals surface area contributed by atoms with Crippen molar-refractivity contribution >= 4 is 66.4 Å². The lowest BCUT2D eigenvalue weighted by Gasteiger charge is -2.29. The second-order valence-electron chi connectivity index (χ2n) is 7.15. The van der Waals surface area contributed by atoms with Gasteiger partial charge in [0.05, 0.1) is 34.0 Å². The first-order valence-electron chi connectivity index (χ1n) is 9.32. The molecule has 1 aliphatic rings. The molecule has 0 saturated heterocycles. The number of benzene rings is 2. The Balaban J connectivity index is 1.57. The molecule has 2 aromatic carbocycles. The Kier molecular flexibility index (Phi) is 6.86. The molecule has 5 nitrogen and oxygen atoms in total. The number of amides is 1. The second-order valence-corrected chi connectivity index (χ2v) is 10.1. The number of rotatable bonds is 5. The molecular formula is C21H13Br2ClF3N3O2S. The predicted molar refractivity (Wildman–Crippen MR) is 127 cm³/mol. The lowest BCUT2D eigenvalue weighted by Crippen LogP contribution is -2.42. The number of halogens is 6. The van der Waals surface area contributed by atoms with Crippen molar-refractivity contribution in [3.8, 4) is 0 Å². The van der Waals surface area contributed by atoms with Gasteiger partial charge in [0.25, 0.3) is 11.5 Å². The molecule has 0 spiro atoms. The Morgan fingerprint density at radius 3 is 2.55 bits per heavy atom. The molecule has 4 rings (SSSR count). The molecule has 33 heavy (non-hydrogen) atoms. The number of hydrogen-bond donors (Lipinski definition) is 1. The first-order valence-corrected chi connectivity index (χ1v) is 12.2. The third-order valence-corrected chi connectivity index (χ3v) is 6.84. The number of thiazole rings is 1. The molecule has 1 N–H and O–H groups in total. The molecule has 172 valence electrons. The monoisotopic (exact) mass is 621 g/mol. The summed E-state index contributed by atoms with van der Waals surface area (Å²) < 4.78 is 43.5. The lowest BCUT2D eigenvalue weighted by molar-refractivity contribution is -0.275. The van der Waals surface area contributed by atoms with Crippen molar-refractivity contribution in [3.05, 3.63) is 83.6 Å². The maximum absolute atomic E-state index is 14.2. The van der Waals surface area contributed by atoms with Crippen LogP contribution in [0.1, 0.15) is 33.6 Å². The molecule has 3 aromatic rings. The number of alkyl halides is 3. The topological polar surface area (TPSA) is 63.6 Å². The molecule has 1 atom stereocenters. The molecule has 0 aliphatic carbocycles. The zero-order valence-corrected chi connectivity index (χ0v) is 21.2. The van der Waals surface area contributed by atoms with E-state index >= 15 is 0 Å². The minimum Gasteiger partial charge on any atom is -0.374 e. The fraction of sp³-hybridized carbons (Fsp3) is 0.190. The number of carbonyl (C=O) groups is 1. The van der Waals surface area contributed by atoms with E-state index in [0.29, 0.717) is 20.2 Å². The molecule has 1 unspecified atom stereocenters. The van der Waals surface area contributed by atoms with Gasteiger partial charge in [-0.15, -0.1) is 11.3 Å². The van der Waals surface area contributed by atoms with Crippen LogP contribution in [0.25, 0.3) is 0 Å². The van der Waals surface area contributed by atoms with Gasteiger partial charge in [0.2, 0.25) is 0 Å². The van der Waals surface area contributed by atoms with E-state index in [1.807, 2.05) is 0 Å². The first kappa shape index (κ1) is 24.2. The number of nitrogens with zero attached hydrogens (tertiary/aromatic N) is 2. The Labute approximate surface area is 212 Å². The number of carbonyl (C=O) groups excluding carboxylic acids is 1. The Hall–Kier alpha value is -1.95. The van der Waals surface area contributed by atoms with Crippen molar-refractivity contribution in [2.45, 2.75) is 24.7 Å². The van der Waals surface area contributed by atoms with Crippen LogP contribution in [0.3, 0.4) is 0 Å². The van der Waals surface area contributed by atoms with Gasteiger partial charge in [-0.25, -0.2) is 4.98 Å². The SMILES string of the molecule is O=C(NCc1cscn1)c1ccc(C2=NOC(c3cc(Br)cc(Br)c3)(C(F)(F)F)C2)cc1Cl. The van der Waals surface area contributed by atoms with Gasteiger partial charge in [-0.1, -0.05) is 54.7 Å². The molecule has 2 heterocycles. The van der Waals surface area contributed by atoms with E-state index in [1.165, 1.54) is 41.7 Å². The van der Waals surface area contributed by atoms with Crippen LogP contribution in [0.4, 0.5) is 13.2 Å². The summed E-state index contributed by atoms with van der Waals surface area (Å²) in [7, 11) is 0. The molecule has 0 fully saturated rings. The minimum absolute atomic E-state index is 0.0692. The van der Waals surface area contributed by atoms with E-state index in [9.17, 15) is 18.0 Å². The van der Waals surface area contributed by atoms with E-state index in [1.54, 1.807) is 17.0 Å². The quantitative estimate of drug-likeness (QED) is 0.339. The summed E-state index contributed by atoms with van der Waals surface area (Å²) in [5, 5.41) is 8.34. The van der Waals surface area contributed by atoms with Gasteiger partial charge in [0.1, 0.15) is 0 Å². The fourth-order valence-electron chi connectivity index (χ4n) is 3.32. The van der Waals surface area contributed by atoms with Crippen LogP contribution < -0.4 is 5.32 Å². The maximum Gasteiger partial charge on any atom is 0.435 e. The standard InChI is InChI=1S/C21H13Br2ClF3N3O2S/c22-13-4-12(5-14(23)6-13)20(21(25,26)27)7-18(30-32-20)11-1-2-16(17(24)3-11)19(31)28-8-15-9-33-10-29-15/h1-6,9-10H,7-8H2,(H,28,31). The minimum atomic E-state index is -4.74. The summed E-state index contributed by atoms with van der Waals surface area (Å²) >= 11 is 14.1. The summed E-state index contributed by atoms with van der Waals surface area (Å²) in [4.78, 5) is 21.6. The van der Waals surface area contributed by atoms with E-state index < -0.39 is 24.1 Å². The second kappa shape index (κ2) is 9.36.